The minimum absolute atomic E-state index is 0.107. The molecule has 0 saturated heterocycles. The van der Waals surface area contributed by atoms with E-state index in [-0.39, 0.29) is 11.1 Å². The highest BCUT2D eigenvalue weighted by molar-refractivity contribution is 5.83. The lowest BCUT2D eigenvalue weighted by Gasteiger charge is -2.14. The molecule has 6 heteroatoms. The second-order valence-corrected chi connectivity index (χ2v) is 5.42. The molecule has 0 atom stereocenters. The van der Waals surface area contributed by atoms with Crippen LogP contribution in [0.2, 0.25) is 0 Å². The van der Waals surface area contributed by atoms with Gasteiger partial charge in [0, 0.05) is 24.6 Å². The second kappa shape index (κ2) is 6.95. The first kappa shape index (κ1) is 15.7. The zero-order valence-corrected chi connectivity index (χ0v) is 13.2. The minimum Gasteiger partial charge on any atom is -0.467 e. The van der Waals surface area contributed by atoms with Gasteiger partial charge in [0.2, 0.25) is 0 Å². The molecular formula is C18H17N3O3. The molecule has 3 rings (SSSR count). The summed E-state index contributed by atoms with van der Waals surface area (Å²) in [6.07, 6.45) is 5.57. The maximum atomic E-state index is 12.6. The van der Waals surface area contributed by atoms with Gasteiger partial charge in [0.05, 0.1) is 18.5 Å². The average Bonchev–Trinajstić information content (AvgIpc) is 3.11. The summed E-state index contributed by atoms with van der Waals surface area (Å²) in [5, 5.41) is 3.14. The van der Waals surface area contributed by atoms with E-state index in [1.54, 1.807) is 36.9 Å². The van der Waals surface area contributed by atoms with Crippen LogP contribution in [0.25, 0.3) is 0 Å². The van der Waals surface area contributed by atoms with Crippen LogP contribution in [-0.2, 0) is 13.1 Å². The number of hydrogen-bond donors (Lipinski definition) is 1. The van der Waals surface area contributed by atoms with E-state index in [0.717, 1.165) is 11.3 Å². The van der Waals surface area contributed by atoms with Crippen LogP contribution in [0.15, 0.2) is 58.2 Å². The van der Waals surface area contributed by atoms with E-state index >= 15 is 0 Å². The van der Waals surface area contributed by atoms with E-state index < -0.39 is 0 Å². The predicted octanol–water partition coefficient (Wildman–Crippen LogP) is 2.62. The van der Waals surface area contributed by atoms with Crippen LogP contribution in [0.3, 0.4) is 0 Å². The van der Waals surface area contributed by atoms with Gasteiger partial charge in [0.1, 0.15) is 11.3 Å². The van der Waals surface area contributed by atoms with Crippen molar-refractivity contribution in [2.75, 3.05) is 5.32 Å². The van der Waals surface area contributed by atoms with Gasteiger partial charge >= 0.3 is 0 Å². The number of nitrogens with zero attached hydrogens (tertiary/aromatic N) is 2. The third kappa shape index (κ3) is 3.27. The molecule has 6 nitrogen and oxygen atoms in total. The summed E-state index contributed by atoms with van der Waals surface area (Å²) in [5.74, 6) is 0.660. The van der Waals surface area contributed by atoms with Gasteiger partial charge in [-0.15, -0.1) is 0 Å². The van der Waals surface area contributed by atoms with Crippen molar-refractivity contribution in [1.82, 2.24) is 9.55 Å². The molecule has 3 aromatic rings. The van der Waals surface area contributed by atoms with E-state index in [4.69, 9.17) is 4.42 Å². The normalized spacial score (nSPS) is 10.5. The number of pyridine rings is 2. The topological polar surface area (TPSA) is 77.1 Å². The summed E-state index contributed by atoms with van der Waals surface area (Å²) < 4.78 is 6.81. The fourth-order valence-corrected chi connectivity index (χ4v) is 2.50. The van der Waals surface area contributed by atoms with Crippen LogP contribution in [0, 0.1) is 6.92 Å². The van der Waals surface area contributed by atoms with Gasteiger partial charge in [-0.1, -0.05) is 6.07 Å². The molecule has 0 saturated carbocycles. The maximum Gasteiger partial charge on any atom is 0.263 e. The van der Waals surface area contributed by atoms with Gasteiger partial charge in [0.25, 0.3) is 5.56 Å². The predicted molar refractivity (Wildman–Crippen MR) is 90.2 cm³/mol. The molecular weight excluding hydrogens is 306 g/mol. The van der Waals surface area contributed by atoms with E-state index in [9.17, 15) is 9.59 Å². The Morgan fingerprint density at radius 1 is 1.33 bits per heavy atom. The van der Waals surface area contributed by atoms with Crippen molar-refractivity contribution in [1.29, 1.82) is 0 Å². The van der Waals surface area contributed by atoms with Crippen LogP contribution < -0.4 is 10.9 Å². The molecule has 3 heterocycles. The number of aldehydes is 1. The third-order valence-electron chi connectivity index (χ3n) is 3.76. The fourth-order valence-electron chi connectivity index (χ4n) is 2.50. The quantitative estimate of drug-likeness (QED) is 0.706. The monoisotopic (exact) mass is 323 g/mol. The SMILES string of the molecule is Cc1cc(NCc2cccnc2)c(C=O)c(=O)n1Cc1ccco1. The molecule has 0 aliphatic rings. The van der Waals surface area contributed by atoms with Gasteiger partial charge in [-0.25, -0.2) is 0 Å². The third-order valence-corrected chi connectivity index (χ3v) is 3.76. The van der Waals surface area contributed by atoms with Crippen LogP contribution in [-0.4, -0.2) is 15.8 Å². The van der Waals surface area contributed by atoms with Crippen molar-refractivity contribution < 1.29 is 9.21 Å². The molecule has 0 aliphatic carbocycles. The lowest BCUT2D eigenvalue weighted by molar-refractivity contribution is 0.112. The number of carbonyl (C=O) groups is 1. The van der Waals surface area contributed by atoms with Crippen molar-refractivity contribution in [3.8, 4) is 0 Å². The minimum atomic E-state index is -0.338. The zero-order valence-electron chi connectivity index (χ0n) is 13.2. The molecule has 0 aliphatic heterocycles. The summed E-state index contributed by atoms with van der Waals surface area (Å²) in [6, 6.07) is 9.11. The zero-order chi connectivity index (χ0) is 16.9. The van der Waals surface area contributed by atoms with Gasteiger partial charge in [-0.05, 0) is 36.8 Å². The fraction of sp³-hybridized carbons (Fsp3) is 0.167. The molecule has 0 aromatic carbocycles. The molecule has 122 valence electrons. The molecule has 0 amide bonds. The first-order valence-corrected chi connectivity index (χ1v) is 7.54. The van der Waals surface area contributed by atoms with Crippen LogP contribution in [0.4, 0.5) is 5.69 Å². The Kier molecular flexibility index (Phi) is 4.56. The number of aromatic nitrogens is 2. The van der Waals surface area contributed by atoms with Crippen LogP contribution in [0.1, 0.15) is 27.4 Å². The summed E-state index contributed by atoms with van der Waals surface area (Å²) in [6.45, 7) is 2.60. The molecule has 0 spiro atoms. The van der Waals surface area contributed by atoms with E-state index in [1.807, 2.05) is 19.1 Å². The highest BCUT2D eigenvalue weighted by atomic mass is 16.3. The lowest BCUT2D eigenvalue weighted by Crippen LogP contribution is -2.27. The van der Waals surface area contributed by atoms with Gasteiger partial charge in [0.15, 0.2) is 6.29 Å². The Hall–Kier alpha value is -3.15. The van der Waals surface area contributed by atoms with Crippen LogP contribution in [0.5, 0.6) is 0 Å². The first-order valence-electron chi connectivity index (χ1n) is 7.54. The Balaban J connectivity index is 1.90. The number of aryl methyl sites for hydroxylation is 1. The van der Waals surface area contributed by atoms with Crippen LogP contribution >= 0.6 is 0 Å². The Morgan fingerprint density at radius 3 is 2.88 bits per heavy atom. The first-order chi connectivity index (χ1) is 11.7. The van der Waals surface area contributed by atoms with E-state index in [0.29, 0.717) is 30.8 Å². The average molecular weight is 323 g/mol. The molecule has 0 radical (unpaired) electrons. The number of hydrogen-bond acceptors (Lipinski definition) is 5. The number of furan rings is 1. The summed E-state index contributed by atoms with van der Waals surface area (Å²) in [4.78, 5) is 28.1. The molecule has 0 bridgehead atoms. The molecule has 3 aromatic heterocycles. The Morgan fingerprint density at radius 2 is 2.21 bits per heavy atom. The van der Waals surface area contributed by atoms with Gasteiger partial charge in [-0.2, -0.15) is 0 Å². The number of carbonyl (C=O) groups excluding carboxylic acids is 1. The molecule has 1 N–H and O–H groups in total. The van der Waals surface area contributed by atoms with Crippen molar-refractivity contribution in [3.05, 3.63) is 81.9 Å². The smallest absolute Gasteiger partial charge is 0.263 e. The van der Waals surface area contributed by atoms with E-state index in [1.165, 1.54) is 4.57 Å². The number of anilines is 1. The Bertz CT molecular complexity index is 884. The van der Waals surface area contributed by atoms with Crippen molar-refractivity contribution in [2.45, 2.75) is 20.0 Å². The number of rotatable bonds is 6. The second-order valence-electron chi connectivity index (χ2n) is 5.42. The summed E-state index contributed by atoms with van der Waals surface area (Å²) in [5.41, 5.74) is 2.00. The van der Waals surface area contributed by atoms with Crippen molar-refractivity contribution in [3.63, 3.8) is 0 Å². The standard InChI is InChI=1S/C18H17N3O3/c1-13-8-17(20-10-14-4-2-6-19-9-14)16(12-22)18(23)21(13)11-15-5-3-7-24-15/h2-9,12,20H,10-11H2,1H3. The van der Waals surface area contributed by atoms with Crippen molar-refractivity contribution in [2.24, 2.45) is 0 Å². The Labute approximate surface area is 138 Å². The molecule has 0 unspecified atom stereocenters. The number of nitrogens with one attached hydrogen (secondary N) is 1. The highest BCUT2D eigenvalue weighted by Crippen LogP contribution is 2.15. The van der Waals surface area contributed by atoms with Gasteiger partial charge < -0.3 is 14.3 Å². The molecule has 24 heavy (non-hydrogen) atoms. The lowest BCUT2D eigenvalue weighted by atomic mass is 10.2. The highest BCUT2D eigenvalue weighted by Gasteiger charge is 2.13. The van der Waals surface area contributed by atoms with E-state index in [2.05, 4.69) is 10.3 Å². The summed E-state index contributed by atoms with van der Waals surface area (Å²) >= 11 is 0. The van der Waals surface area contributed by atoms with Gasteiger partial charge in [-0.3, -0.25) is 14.6 Å². The van der Waals surface area contributed by atoms with Crippen molar-refractivity contribution >= 4 is 12.0 Å². The maximum absolute atomic E-state index is 12.6. The largest absolute Gasteiger partial charge is 0.467 e. The molecule has 0 fully saturated rings. The summed E-state index contributed by atoms with van der Waals surface area (Å²) in [7, 11) is 0.